The van der Waals surface area contributed by atoms with Gasteiger partial charge in [0.1, 0.15) is 24.0 Å². The molecule has 0 saturated carbocycles. The van der Waals surface area contributed by atoms with Gasteiger partial charge in [0, 0.05) is 5.69 Å². The topological polar surface area (TPSA) is 69.0 Å². The second-order valence-corrected chi connectivity index (χ2v) is 7.38. The van der Waals surface area contributed by atoms with Crippen LogP contribution < -0.4 is 10.1 Å². The zero-order chi connectivity index (χ0) is 22.7. The van der Waals surface area contributed by atoms with E-state index in [-0.39, 0.29) is 18.1 Å². The Balaban J connectivity index is 1.43. The van der Waals surface area contributed by atoms with Crippen molar-refractivity contribution in [2.45, 2.75) is 20.5 Å². The molecule has 0 atom stereocenters. The van der Waals surface area contributed by atoms with E-state index in [1.165, 1.54) is 35.1 Å². The van der Waals surface area contributed by atoms with Gasteiger partial charge in [-0.15, -0.1) is 5.10 Å². The summed E-state index contributed by atoms with van der Waals surface area (Å²) in [5.41, 5.74) is 3.39. The Hall–Kier alpha value is -4.07. The Morgan fingerprint density at radius 1 is 1.03 bits per heavy atom. The van der Waals surface area contributed by atoms with Crippen LogP contribution in [0.2, 0.25) is 0 Å². The largest absolute Gasteiger partial charge is 0.489 e. The summed E-state index contributed by atoms with van der Waals surface area (Å²) < 4.78 is 34.0. The Morgan fingerprint density at radius 2 is 1.88 bits per heavy atom. The second kappa shape index (κ2) is 8.97. The van der Waals surface area contributed by atoms with E-state index < -0.39 is 11.7 Å². The molecular formula is C24H20F2N4O2. The van der Waals surface area contributed by atoms with Crippen LogP contribution in [0.5, 0.6) is 5.75 Å². The molecule has 1 amide bonds. The molecule has 1 N–H and O–H groups in total. The van der Waals surface area contributed by atoms with E-state index in [1.54, 1.807) is 43.3 Å². The van der Waals surface area contributed by atoms with Gasteiger partial charge in [-0.1, -0.05) is 17.3 Å². The molecule has 3 aromatic carbocycles. The zero-order valence-electron chi connectivity index (χ0n) is 17.5. The molecule has 6 nitrogen and oxygen atoms in total. The zero-order valence-corrected chi connectivity index (χ0v) is 17.5. The number of aryl methyl sites for hydroxylation is 2. The number of aromatic nitrogens is 3. The summed E-state index contributed by atoms with van der Waals surface area (Å²) in [4.78, 5) is 12.6. The summed E-state index contributed by atoms with van der Waals surface area (Å²) in [6.45, 7) is 3.83. The van der Waals surface area contributed by atoms with Crippen LogP contribution in [0, 0.1) is 25.5 Å². The van der Waals surface area contributed by atoms with Gasteiger partial charge >= 0.3 is 0 Å². The Bertz CT molecular complexity index is 1270. The number of anilines is 1. The van der Waals surface area contributed by atoms with Crippen molar-refractivity contribution >= 4 is 11.6 Å². The van der Waals surface area contributed by atoms with Crippen molar-refractivity contribution in [3.8, 4) is 11.4 Å². The molecule has 0 fully saturated rings. The average Bonchev–Trinajstić information content (AvgIpc) is 3.24. The number of carbonyl (C=O) groups excluding carboxylic acids is 1. The predicted octanol–water partition coefficient (Wildman–Crippen LogP) is 4.99. The molecule has 0 unspecified atom stereocenters. The number of rotatable bonds is 6. The smallest absolute Gasteiger partial charge is 0.277 e. The molecule has 4 rings (SSSR count). The Morgan fingerprint density at radius 3 is 2.62 bits per heavy atom. The van der Waals surface area contributed by atoms with Crippen molar-refractivity contribution in [1.29, 1.82) is 0 Å². The predicted molar refractivity (Wildman–Crippen MR) is 116 cm³/mol. The van der Waals surface area contributed by atoms with Gasteiger partial charge in [0.2, 0.25) is 0 Å². The summed E-state index contributed by atoms with van der Waals surface area (Å²) in [6.07, 6.45) is 1.44. The van der Waals surface area contributed by atoms with Gasteiger partial charge in [0.15, 0.2) is 5.69 Å². The minimum Gasteiger partial charge on any atom is -0.489 e. The molecule has 0 aliphatic rings. The van der Waals surface area contributed by atoms with Crippen molar-refractivity contribution < 1.29 is 18.3 Å². The van der Waals surface area contributed by atoms with Crippen LogP contribution in [-0.2, 0) is 6.61 Å². The fraction of sp³-hybridized carbons (Fsp3) is 0.125. The lowest BCUT2D eigenvalue weighted by molar-refractivity contribution is 0.102. The van der Waals surface area contributed by atoms with Crippen molar-refractivity contribution in [3.05, 3.63) is 101 Å². The quantitative estimate of drug-likeness (QED) is 0.464. The first-order valence-electron chi connectivity index (χ1n) is 9.86. The summed E-state index contributed by atoms with van der Waals surface area (Å²) in [5.74, 6) is -0.556. The molecule has 0 aliphatic carbocycles. The van der Waals surface area contributed by atoms with Crippen molar-refractivity contribution in [2.24, 2.45) is 0 Å². The lowest BCUT2D eigenvalue weighted by Gasteiger charge is -2.11. The highest BCUT2D eigenvalue weighted by Crippen LogP contribution is 2.23. The van der Waals surface area contributed by atoms with Gasteiger partial charge in [-0.25, -0.2) is 13.5 Å². The van der Waals surface area contributed by atoms with E-state index in [1.807, 2.05) is 6.92 Å². The first kappa shape index (κ1) is 21.2. The number of carbonyl (C=O) groups is 1. The molecule has 1 aromatic heterocycles. The van der Waals surface area contributed by atoms with Gasteiger partial charge in [0.05, 0.1) is 11.9 Å². The number of hydrogen-bond acceptors (Lipinski definition) is 4. The fourth-order valence-corrected chi connectivity index (χ4v) is 3.19. The molecule has 4 aromatic rings. The van der Waals surface area contributed by atoms with E-state index in [2.05, 4.69) is 15.6 Å². The third kappa shape index (κ3) is 4.97. The molecule has 32 heavy (non-hydrogen) atoms. The van der Waals surface area contributed by atoms with Gasteiger partial charge < -0.3 is 10.1 Å². The minimum atomic E-state index is -0.444. The number of hydrogen-bond donors (Lipinski definition) is 1. The SMILES string of the molecule is Cc1cc(F)cc(-n2cc(C(=O)Nc3ccc(OCc4cccc(F)c4)cc3C)nn2)c1. The lowest BCUT2D eigenvalue weighted by Crippen LogP contribution is -2.13. The van der Waals surface area contributed by atoms with E-state index >= 15 is 0 Å². The third-order valence-electron chi connectivity index (χ3n) is 4.76. The third-order valence-corrected chi connectivity index (χ3v) is 4.76. The Labute approximate surface area is 183 Å². The van der Waals surface area contributed by atoms with Crippen LogP contribution in [0.3, 0.4) is 0 Å². The van der Waals surface area contributed by atoms with E-state index in [4.69, 9.17) is 4.74 Å². The summed E-state index contributed by atoms with van der Waals surface area (Å²) in [6, 6.07) is 15.9. The second-order valence-electron chi connectivity index (χ2n) is 7.38. The Kier molecular flexibility index (Phi) is 5.93. The average molecular weight is 434 g/mol. The van der Waals surface area contributed by atoms with Crippen LogP contribution in [0.4, 0.5) is 14.5 Å². The highest BCUT2D eigenvalue weighted by atomic mass is 19.1. The molecule has 1 heterocycles. The number of ether oxygens (including phenoxy) is 1. The summed E-state index contributed by atoms with van der Waals surface area (Å²) in [5, 5.41) is 10.6. The molecular weight excluding hydrogens is 414 g/mol. The molecule has 0 radical (unpaired) electrons. The maximum atomic E-state index is 13.6. The van der Waals surface area contributed by atoms with Gasteiger partial charge in [-0.2, -0.15) is 0 Å². The number of amides is 1. The molecule has 0 saturated heterocycles. The van der Waals surface area contributed by atoms with Crippen LogP contribution in [0.15, 0.2) is 66.9 Å². The van der Waals surface area contributed by atoms with Crippen LogP contribution in [0.1, 0.15) is 27.2 Å². The maximum absolute atomic E-state index is 13.6. The van der Waals surface area contributed by atoms with Crippen molar-refractivity contribution in [3.63, 3.8) is 0 Å². The fourth-order valence-electron chi connectivity index (χ4n) is 3.19. The van der Waals surface area contributed by atoms with E-state index in [9.17, 15) is 13.6 Å². The van der Waals surface area contributed by atoms with Gasteiger partial charge in [-0.3, -0.25) is 4.79 Å². The highest BCUT2D eigenvalue weighted by molar-refractivity contribution is 6.03. The van der Waals surface area contributed by atoms with Crippen LogP contribution >= 0.6 is 0 Å². The van der Waals surface area contributed by atoms with Crippen LogP contribution in [-0.4, -0.2) is 20.9 Å². The monoisotopic (exact) mass is 434 g/mol. The summed E-state index contributed by atoms with van der Waals surface area (Å²) in [7, 11) is 0. The number of benzene rings is 3. The first-order valence-corrected chi connectivity index (χ1v) is 9.86. The standard InChI is InChI=1S/C24H20F2N4O2/c1-15-8-19(26)12-20(9-15)30-13-23(28-29-30)24(31)27-22-7-6-21(10-16(22)2)32-14-17-4-3-5-18(25)11-17/h3-13H,14H2,1-2H3,(H,27,31). The number of nitrogens with zero attached hydrogens (tertiary/aromatic N) is 3. The number of nitrogens with one attached hydrogen (secondary N) is 1. The first-order chi connectivity index (χ1) is 15.4. The maximum Gasteiger partial charge on any atom is 0.277 e. The molecule has 0 spiro atoms. The van der Waals surface area contributed by atoms with Gasteiger partial charge in [0.25, 0.3) is 5.91 Å². The molecule has 162 valence electrons. The molecule has 0 aliphatic heterocycles. The molecule has 0 bridgehead atoms. The summed E-state index contributed by atoms with van der Waals surface area (Å²) >= 11 is 0. The number of halogens is 2. The van der Waals surface area contributed by atoms with Crippen LogP contribution in [0.25, 0.3) is 5.69 Å². The van der Waals surface area contributed by atoms with Crippen molar-refractivity contribution in [2.75, 3.05) is 5.32 Å². The normalized spacial score (nSPS) is 10.8. The lowest BCUT2D eigenvalue weighted by atomic mass is 10.2. The van der Waals surface area contributed by atoms with Gasteiger partial charge in [-0.05, 0) is 79.1 Å². The molecule has 8 heteroatoms. The van der Waals surface area contributed by atoms with E-state index in [0.29, 0.717) is 17.1 Å². The van der Waals surface area contributed by atoms with E-state index in [0.717, 1.165) is 16.7 Å². The van der Waals surface area contributed by atoms with Crippen molar-refractivity contribution in [1.82, 2.24) is 15.0 Å². The highest BCUT2D eigenvalue weighted by Gasteiger charge is 2.14. The minimum absolute atomic E-state index is 0.0951.